The third-order valence-electron chi connectivity index (χ3n) is 16.3. The molecule has 0 aromatic carbocycles. The van der Waals surface area contributed by atoms with Crippen molar-refractivity contribution in [2.45, 2.75) is 399 Å². The molecule has 81 heavy (non-hydrogen) atoms. The van der Waals surface area contributed by atoms with E-state index in [0.29, 0.717) is 19.3 Å². The number of ether oxygens (including phenoxy) is 3. The van der Waals surface area contributed by atoms with Crippen LogP contribution in [0.5, 0.6) is 0 Å². The maximum atomic E-state index is 12.9. The molecule has 0 heterocycles. The third kappa shape index (κ3) is 68.0. The summed E-state index contributed by atoms with van der Waals surface area (Å²) in [4.78, 5) is 38.4. The maximum Gasteiger partial charge on any atom is 0.306 e. The van der Waals surface area contributed by atoms with Crippen molar-refractivity contribution in [1.29, 1.82) is 0 Å². The van der Waals surface area contributed by atoms with Gasteiger partial charge in [0.25, 0.3) is 0 Å². The van der Waals surface area contributed by atoms with Crippen LogP contribution in [0.1, 0.15) is 393 Å². The molecule has 6 nitrogen and oxygen atoms in total. The van der Waals surface area contributed by atoms with Crippen molar-refractivity contribution in [3.8, 4) is 0 Å². The normalized spacial score (nSPS) is 12.3. The van der Waals surface area contributed by atoms with E-state index in [1.54, 1.807) is 0 Å². The lowest BCUT2D eigenvalue weighted by Crippen LogP contribution is -2.30. The highest BCUT2D eigenvalue weighted by atomic mass is 16.6. The zero-order valence-electron chi connectivity index (χ0n) is 54.6. The monoisotopic (exact) mass is 1140 g/mol. The molecule has 1 atom stereocenters. The fourth-order valence-corrected chi connectivity index (χ4v) is 10.9. The quantitative estimate of drug-likeness (QED) is 0.0261. The SMILES string of the molecule is CC/C=C\C/C=C\C/C=C\CCCCCCCC(=O)OC(COC(=O)CCCCCCC/C=C\CCCCCCCC)COC(=O)CCCCCCCCCCCCCCCCCCCCCCCCCCCCCCCCCCC. The van der Waals surface area contributed by atoms with E-state index in [1.807, 2.05) is 0 Å². The highest BCUT2D eigenvalue weighted by Gasteiger charge is 2.19. The Bertz CT molecular complexity index is 1400. The van der Waals surface area contributed by atoms with Gasteiger partial charge in [-0.05, 0) is 77.0 Å². The number of unbranched alkanes of at least 4 members (excludes halogenated alkanes) is 48. The average molecular weight is 1140 g/mol. The van der Waals surface area contributed by atoms with E-state index in [9.17, 15) is 14.4 Å². The smallest absolute Gasteiger partial charge is 0.306 e. The Hall–Kier alpha value is -2.63. The van der Waals surface area contributed by atoms with Crippen molar-refractivity contribution >= 4 is 17.9 Å². The second-order valence-corrected chi connectivity index (χ2v) is 24.5. The highest BCUT2D eigenvalue weighted by molar-refractivity contribution is 5.71. The zero-order valence-corrected chi connectivity index (χ0v) is 54.6. The Morgan fingerprint density at radius 2 is 0.481 bits per heavy atom. The summed E-state index contributed by atoms with van der Waals surface area (Å²) in [5.41, 5.74) is 0. The molecule has 6 heteroatoms. The van der Waals surface area contributed by atoms with Gasteiger partial charge in [-0.3, -0.25) is 14.4 Å². The predicted molar refractivity (Wildman–Crippen MR) is 353 cm³/mol. The molecule has 0 radical (unpaired) electrons. The van der Waals surface area contributed by atoms with Crippen LogP contribution >= 0.6 is 0 Å². The van der Waals surface area contributed by atoms with Crippen LogP contribution in [0, 0.1) is 0 Å². The van der Waals surface area contributed by atoms with Gasteiger partial charge in [-0.2, -0.15) is 0 Å². The van der Waals surface area contributed by atoms with Gasteiger partial charge in [-0.15, -0.1) is 0 Å². The molecule has 1 unspecified atom stereocenters. The Kier molecular flexibility index (Phi) is 67.6. The van der Waals surface area contributed by atoms with Crippen molar-refractivity contribution in [3.63, 3.8) is 0 Å². The third-order valence-corrected chi connectivity index (χ3v) is 16.3. The minimum absolute atomic E-state index is 0.0792. The lowest BCUT2D eigenvalue weighted by molar-refractivity contribution is -0.167. The first-order valence-electron chi connectivity index (χ1n) is 36.1. The first kappa shape index (κ1) is 78.4. The molecular weight excluding hydrogens is 997 g/mol. The van der Waals surface area contributed by atoms with Gasteiger partial charge in [0.2, 0.25) is 0 Å². The van der Waals surface area contributed by atoms with E-state index in [2.05, 4.69) is 69.4 Å². The first-order chi connectivity index (χ1) is 40.0. The van der Waals surface area contributed by atoms with Gasteiger partial charge in [0.15, 0.2) is 6.10 Å². The van der Waals surface area contributed by atoms with E-state index in [-0.39, 0.29) is 31.1 Å². The van der Waals surface area contributed by atoms with E-state index in [1.165, 1.54) is 250 Å². The molecule has 0 fully saturated rings. The Morgan fingerprint density at radius 1 is 0.259 bits per heavy atom. The minimum atomic E-state index is -0.785. The highest BCUT2D eigenvalue weighted by Crippen LogP contribution is 2.19. The van der Waals surface area contributed by atoms with Crippen molar-refractivity contribution in [3.05, 3.63) is 48.6 Å². The molecule has 0 saturated heterocycles. The molecule has 0 aliphatic rings. The first-order valence-corrected chi connectivity index (χ1v) is 36.1. The average Bonchev–Trinajstić information content (AvgIpc) is 3.47. The minimum Gasteiger partial charge on any atom is -0.462 e. The molecule has 0 bridgehead atoms. The summed E-state index contributed by atoms with van der Waals surface area (Å²) >= 11 is 0. The van der Waals surface area contributed by atoms with E-state index >= 15 is 0 Å². The van der Waals surface area contributed by atoms with E-state index in [0.717, 1.165) is 103 Å². The van der Waals surface area contributed by atoms with Crippen LogP contribution in [-0.2, 0) is 28.6 Å². The molecule has 0 saturated carbocycles. The Morgan fingerprint density at radius 3 is 0.765 bits per heavy atom. The fourth-order valence-electron chi connectivity index (χ4n) is 10.9. The van der Waals surface area contributed by atoms with Gasteiger partial charge in [0.05, 0.1) is 0 Å². The zero-order chi connectivity index (χ0) is 58.5. The van der Waals surface area contributed by atoms with Gasteiger partial charge in [-0.1, -0.05) is 345 Å². The van der Waals surface area contributed by atoms with Crippen LogP contribution in [0.4, 0.5) is 0 Å². The second kappa shape index (κ2) is 69.9. The molecule has 0 aliphatic carbocycles. The lowest BCUT2D eigenvalue weighted by Gasteiger charge is -2.18. The maximum absolute atomic E-state index is 12.9. The summed E-state index contributed by atoms with van der Waals surface area (Å²) in [5, 5.41) is 0. The number of hydrogen-bond acceptors (Lipinski definition) is 6. The van der Waals surface area contributed by atoms with Gasteiger partial charge in [-0.25, -0.2) is 0 Å². The largest absolute Gasteiger partial charge is 0.462 e. The van der Waals surface area contributed by atoms with Crippen molar-refractivity contribution in [2.24, 2.45) is 0 Å². The molecule has 0 N–H and O–H groups in total. The van der Waals surface area contributed by atoms with Gasteiger partial charge in [0.1, 0.15) is 13.2 Å². The second-order valence-electron chi connectivity index (χ2n) is 24.5. The van der Waals surface area contributed by atoms with Crippen LogP contribution < -0.4 is 0 Å². The number of carbonyl (C=O) groups is 3. The summed E-state index contributed by atoms with van der Waals surface area (Å²) in [6, 6.07) is 0. The number of hydrogen-bond donors (Lipinski definition) is 0. The predicted octanol–water partition coefficient (Wildman–Crippen LogP) is 24.9. The van der Waals surface area contributed by atoms with E-state index < -0.39 is 6.10 Å². The van der Waals surface area contributed by atoms with Crippen molar-refractivity contribution < 1.29 is 28.6 Å². The molecular formula is C75H138O6. The Balaban J connectivity index is 4.11. The standard InChI is InChI=1S/C75H138O6/c1-4-7-10-13-16-19-22-25-28-29-30-31-32-33-34-35-36-37-38-39-40-41-42-43-44-45-48-50-53-56-59-62-65-68-74(77)80-71-72(81-75(78)69-66-63-60-57-54-51-47-27-24-21-18-15-12-9-6-3)70-79-73(76)67-64-61-58-55-52-49-46-26-23-20-17-14-11-8-5-2/h9,12,18,21,26-27,46-47,72H,4-8,10-11,13-17,19-20,22-25,28-45,48-71H2,1-3H3/b12-9-,21-18-,46-26-,47-27-. The van der Waals surface area contributed by atoms with Gasteiger partial charge in [0, 0.05) is 19.3 Å². The fraction of sp³-hybridized carbons (Fsp3) is 0.853. The van der Waals surface area contributed by atoms with Crippen LogP contribution in [0.25, 0.3) is 0 Å². The lowest BCUT2D eigenvalue weighted by atomic mass is 10.0. The molecule has 0 rings (SSSR count). The molecule has 474 valence electrons. The van der Waals surface area contributed by atoms with E-state index in [4.69, 9.17) is 14.2 Å². The Labute approximate surface area is 505 Å². The molecule has 0 spiro atoms. The summed E-state index contributed by atoms with van der Waals surface area (Å²) < 4.78 is 16.9. The summed E-state index contributed by atoms with van der Waals surface area (Å²) in [6.45, 7) is 6.57. The molecule has 0 aromatic rings. The van der Waals surface area contributed by atoms with Crippen molar-refractivity contribution in [1.82, 2.24) is 0 Å². The number of carbonyl (C=O) groups excluding carboxylic acids is 3. The summed E-state index contributed by atoms with van der Waals surface area (Å²) in [7, 11) is 0. The van der Waals surface area contributed by atoms with Gasteiger partial charge >= 0.3 is 17.9 Å². The molecule has 0 aliphatic heterocycles. The topological polar surface area (TPSA) is 78.9 Å². The number of esters is 3. The number of allylic oxidation sites excluding steroid dienone is 8. The van der Waals surface area contributed by atoms with Crippen LogP contribution in [-0.4, -0.2) is 37.2 Å². The molecule has 0 amide bonds. The van der Waals surface area contributed by atoms with Gasteiger partial charge < -0.3 is 14.2 Å². The molecule has 0 aromatic heterocycles. The van der Waals surface area contributed by atoms with Crippen LogP contribution in [0.15, 0.2) is 48.6 Å². The summed E-state index contributed by atoms with van der Waals surface area (Å²) in [6.07, 6.45) is 88.8. The van der Waals surface area contributed by atoms with Crippen molar-refractivity contribution in [2.75, 3.05) is 13.2 Å². The number of rotatable bonds is 67. The van der Waals surface area contributed by atoms with Crippen LogP contribution in [0.2, 0.25) is 0 Å². The van der Waals surface area contributed by atoms with Crippen LogP contribution in [0.3, 0.4) is 0 Å². The summed E-state index contributed by atoms with van der Waals surface area (Å²) in [5.74, 6) is -0.882.